The molecular weight excluding hydrogens is 376 g/mol. The average Bonchev–Trinajstić information content (AvgIpc) is 3.25. The minimum absolute atomic E-state index is 0.0210. The van der Waals surface area contributed by atoms with Crippen LogP contribution in [-0.2, 0) is 6.42 Å². The van der Waals surface area contributed by atoms with Crippen molar-refractivity contribution in [2.24, 2.45) is 0 Å². The van der Waals surface area contributed by atoms with Gasteiger partial charge in [-0.15, -0.1) is 21.5 Å². The number of benzene rings is 1. The third-order valence-corrected chi connectivity index (χ3v) is 7.33. The summed E-state index contributed by atoms with van der Waals surface area (Å²) in [6.07, 6.45) is 5.38. The molecule has 0 saturated carbocycles. The Morgan fingerprint density at radius 1 is 1.22 bits per heavy atom. The average molecular weight is 397 g/mol. The number of hydrogen-bond donors (Lipinski definition) is 0. The zero-order valence-electron chi connectivity index (χ0n) is 15.5. The van der Waals surface area contributed by atoms with Gasteiger partial charge in [-0.1, -0.05) is 36.4 Å². The van der Waals surface area contributed by atoms with E-state index < -0.39 is 0 Å². The second kappa shape index (κ2) is 6.21. The lowest BCUT2D eigenvalue weighted by molar-refractivity contribution is 0.601. The van der Waals surface area contributed by atoms with Gasteiger partial charge in [-0.2, -0.15) is 0 Å². The van der Waals surface area contributed by atoms with E-state index in [-0.39, 0.29) is 5.56 Å². The molecule has 138 valence electrons. The summed E-state index contributed by atoms with van der Waals surface area (Å²) in [6, 6.07) is 8.02. The van der Waals surface area contributed by atoms with Crippen molar-refractivity contribution in [2.45, 2.75) is 44.2 Å². The summed E-state index contributed by atoms with van der Waals surface area (Å²) in [6.45, 7) is 4.29. The molecule has 0 saturated heterocycles. The molecule has 0 unspecified atom stereocenters. The molecule has 3 heterocycles. The third kappa shape index (κ3) is 2.41. The van der Waals surface area contributed by atoms with E-state index in [0.29, 0.717) is 11.7 Å². The molecular formula is C20H20N4OS2. The summed E-state index contributed by atoms with van der Waals surface area (Å²) >= 11 is 3.30. The Labute approximate surface area is 165 Å². The summed E-state index contributed by atoms with van der Waals surface area (Å²) in [7, 11) is 0. The largest absolute Gasteiger partial charge is 0.268 e. The zero-order chi connectivity index (χ0) is 18.7. The highest BCUT2D eigenvalue weighted by atomic mass is 32.2. The maximum absolute atomic E-state index is 13.7. The second-order valence-electron chi connectivity index (χ2n) is 7.21. The van der Waals surface area contributed by atoms with Gasteiger partial charge in [0.25, 0.3) is 5.56 Å². The van der Waals surface area contributed by atoms with Crippen molar-refractivity contribution in [2.75, 3.05) is 6.26 Å². The van der Waals surface area contributed by atoms with Crippen LogP contribution in [0.5, 0.6) is 0 Å². The first-order valence-corrected chi connectivity index (χ1v) is 11.2. The smallest absolute Gasteiger partial charge is 0.268 e. The Morgan fingerprint density at radius 3 is 2.74 bits per heavy atom. The number of aryl methyl sites for hydroxylation is 2. The lowest BCUT2D eigenvalue weighted by atomic mass is 9.88. The molecule has 0 fully saturated rings. The SMILES string of the molecule is CSc1nnc2n(-c3ccc(C)cc3)c(=O)c3c4c(sc3n12)CCC[C@@H]4C. The molecule has 1 aliphatic carbocycles. The van der Waals surface area contributed by atoms with Gasteiger partial charge in [0.15, 0.2) is 5.16 Å². The number of aromatic nitrogens is 4. The van der Waals surface area contributed by atoms with Crippen LogP contribution >= 0.6 is 23.1 Å². The van der Waals surface area contributed by atoms with Crippen LogP contribution in [0.3, 0.4) is 0 Å². The molecule has 0 spiro atoms. The van der Waals surface area contributed by atoms with Gasteiger partial charge in [-0.25, -0.2) is 8.97 Å². The number of thioether (sulfide) groups is 1. The molecule has 0 bridgehead atoms. The Bertz CT molecular complexity index is 1230. The maximum Gasteiger partial charge on any atom is 0.268 e. The molecule has 1 atom stereocenters. The highest BCUT2D eigenvalue weighted by Crippen LogP contribution is 2.41. The molecule has 5 nitrogen and oxygen atoms in total. The normalized spacial score (nSPS) is 16.9. The molecule has 1 aliphatic rings. The van der Waals surface area contributed by atoms with E-state index in [9.17, 15) is 4.79 Å². The monoisotopic (exact) mass is 396 g/mol. The topological polar surface area (TPSA) is 52.2 Å². The van der Waals surface area contributed by atoms with E-state index in [1.165, 1.54) is 16.9 Å². The van der Waals surface area contributed by atoms with Crippen LogP contribution in [0.2, 0.25) is 0 Å². The maximum atomic E-state index is 13.7. The molecule has 1 aromatic carbocycles. The lowest BCUT2D eigenvalue weighted by Crippen LogP contribution is -2.22. The van der Waals surface area contributed by atoms with Crippen LogP contribution in [0, 0.1) is 6.92 Å². The Morgan fingerprint density at radius 2 is 2.00 bits per heavy atom. The predicted molar refractivity (Wildman–Crippen MR) is 112 cm³/mol. The fraction of sp³-hybridized carbons (Fsp3) is 0.350. The van der Waals surface area contributed by atoms with Crippen molar-refractivity contribution in [1.29, 1.82) is 0 Å². The van der Waals surface area contributed by atoms with Gasteiger partial charge in [0.2, 0.25) is 5.78 Å². The van der Waals surface area contributed by atoms with Crippen LogP contribution in [0.4, 0.5) is 0 Å². The molecule has 4 aromatic rings. The van der Waals surface area contributed by atoms with Gasteiger partial charge in [-0.05, 0) is 56.1 Å². The fourth-order valence-corrected chi connectivity index (χ4v) is 6.10. The van der Waals surface area contributed by atoms with Crippen LogP contribution in [-0.4, -0.2) is 25.4 Å². The van der Waals surface area contributed by atoms with E-state index in [1.807, 2.05) is 37.4 Å². The van der Waals surface area contributed by atoms with E-state index >= 15 is 0 Å². The molecule has 3 aromatic heterocycles. The van der Waals surface area contributed by atoms with Crippen molar-refractivity contribution in [3.63, 3.8) is 0 Å². The molecule has 0 radical (unpaired) electrons. The van der Waals surface area contributed by atoms with Crippen LogP contribution in [0.1, 0.15) is 41.7 Å². The van der Waals surface area contributed by atoms with Crippen molar-refractivity contribution in [3.8, 4) is 5.69 Å². The predicted octanol–water partition coefficient (Wildman–Crippen LogP) is 4.57. The van der Waals surface area contributed by atoms with Gasteiger partial charge >= 0.3 is 0 Å². The molecule has 0 amide bonds. The van der Waals surface area contributed by atoms with Gasteiger partial charge in [0.1, 0.15) is 4.83 Å². The first-order chi connectivity index (χ1) is 13.1. The summed E-state index contributed by atoms with van der Waals surface area (Å²) in [5.41, 5.74) is 3.26. The number of hydrogen-bond acceptors (Lipinski definition) is 5. The molecule has 0 aliphatic heterocycles. The summed E-state index contributed by atoms with van der Waals surface area (Å²) < 4.78 is 3.79. The lowest BCUT2D eigenvalue weighted by Gasteiger charge is -2.18. The fourth-order valence-electron chi connectivity index (χ4n) is 4.11. The first kappa shape index (κ1) is 17.0. The van der Waals surface area contributed by atoms with Crippen molar-refractivity contribution in [1.82, 2.24) is 19.2 Å². The van der Waals surface area contributed by atoms with Crippen LogP contribution in [0.15, 0.2) is 34.2 Å². The summed E-state index contributed by atoms with van der Waals surface area (Å²) in [4.78, 5) is 16.0. The van der Waals surface area contributed by atoms with Crippen LogP contribution in [0.25, 0.3) is 21.7 Å². The van der Waals surface area contributed by atoms with Crippen molar-refractivity contribution in [3.05, 3.63) is 50.6 Å². The van der Waals surface area contributed by atoms with Crippen molar-refractivity contribution < 1.29 is 0 Å². The summed E-state index contributed by atoms with van der Waals surface area (Å²) in [5.74, 6) is 1.00. The third-order valence-electron chi connectivity index (χ3n) is 5.45. The second-order valence-corrected chi connectivity index (χ2v) is 9.07. The molecule has 5 rings (SSSR count). The molecule has 27 heavy (non-hydrogen) atoms. The molecule has 7 heteroatoms. The number of thiophene rings is 1. The van der Waals surface area contributed by atoms with E-state index in [4.69, 9.17) is 0 Å². The van der Waals surface area contributed by atoms with Crippen LogP contribution < -0.4 is 5.56 Å². The van der Waals surface area contributed by atoms with Crippen molar-refractivity contribution >= 4 is 39.1 Å². The van der Waals surface area contributed by atoms with Gasteiger partial charge in [0.05, 0.1) is 11.1 Å². The van der Waals surface area contributed by atoms with E-state index in [0.717, 1.165) is 39.5 Å². The number of nitrogens with zero attached hydrogens (tertiary/aromatic N) is 4. The van der Waals surface area contributed by atoms with E-state index in [2.05, 4.69) is 21.5 Å². The molecule has 0 N–H and O–H groups in total. The Kier molecular flexibility index (Phi) is 3.91. The summed E-state index contributed by atoms with van der Waals surface area (Å²) in [5, 5.41) is 10.4. The highest BCUT2D eigenvalue weighted by Gasteiger charge is 2.28. The minimum Gasteiger partial charge on any atom is -0.268 e. The first-order valence-electron chi connectivity index (χ1n) is 9.16. The van der Waals surface area contributed by atoms with Gasteiger partial charge < -0.3 is 0 Å². The minimum atomic E-state index is 0.0210. The standard InChI is InChI=1S/C20H20N4OS2/c1-11-7-9-13(10-8-11)23-17(25)16-15-12(2)5-4-6-14(15)27-18(16)24-19(23)21-22-20(24)26-3/h7-10,12H,4-6H2,1-3H3/t12-/m0/s1. The quantitative estimate of drug-likeness (QED) is 0.466. The van der Waals surface area contributed by atoms with Gasteiger partial charge in [0, 0.05) is 4.88 Å². The van der Waals surface area contributed by atoms with Gasteiger partial charge in [-0.3, -0.25) is 4.79 Å². The Balaban J connectivity index is 1.99. The highest BCUT2D eigenvalue weighted by molar-refractivity contribution is 7.98. The number of rotatable bonds is 2. The number of fused-ring (bicyclic) bond motifs is 5. The Hall–Kier alpha value is -2.12. The van der Waals surface area contributed by atoms with E-state index in [1.54, 1.807) is 27.7 Å². The zero-order valence-corrected chi connectivity index (χ0v) is 17.2.